The molecule has 0 fully saturated rings. The highest BCUT2D eigenvalue weighted by molar-refractivity contribution is 14.1. The highest BCUT2D eigenvalue weighted by atomic mass is 127. The molecular formula is C15H20IN3. The number of hydrogen-bond donors (Lipinski definition) is 1. The summed E-state index contributed by atoms with van der Waals surface area (Å²) in [6.07, 6.45) is 5.05. The molecule has 0 bridgehead atoms. The number of rotatable bonds is 6. The van der Waals surface area contributed by atoms with Crippen molar-refractivity contribution in [3.05, 3.63) is 51.6 Å². The van der Waals surface area contributed by atoms with Gasteiger partial charge >= 0.3 is 0 Å². The second-order valence-electron chi connectivity index (χ2n) is 4.48. The van der Waals surface area contributed by atoms with Crippen molar-refractivity contribution in [3.8, 4) is 0 Å². The number of benzene rings is 1. The third-order valence-electron chi connectivity index (χ3n) is 3.16. The van der Waals surface area contributed by atoms with Crippen molar-refractivity contribution < 1.29 is 0 Å². The van der Waals surface area contributed by atoms with Crippen molar-refractivity contribution in [2.24, 2.45) is 0 Å². The van der Waals surface area contributed by atoms with E-state index in [0.29, 0.717) is 0 Å². The maximum atomic E-state index is 4.55. The fourth-order valence-electron chi connectivity index (χ4n) is 2.19. The zero-order valence-electron chi connectivity index (χ0n) is 11.4. The van der Waals surface area contributed by atoms with Gasteiger partial charge in [-0.25, -0.2) is 4.98 Å². The van der Waals surface area contributed by atoms with Crippen LogP contribution >= 0.6 is 22.6 Å². The Morgan fingerprint density at radius 2 is 2.11 bits per heavy atom. The first-order valence-electron chi connectivity index (χ1n) is 6.76. The Hall–Kier alpha value is -0.880. The average Bonchev–Trinajstić information content (AvgIpc) is 2.89. The minimum Gasteiger partial charge on any atom is -0.334 e. The van der Waals surface area contributed by atoms with Crippen LogP contribution < -0.4 is 5.32 Å². The third kappa shape index (κ3) is 3.36. The van der Waals surface area contributed by atoms with Crippen LogP contribution in [-0.4, -0.2) is 16.1 Å². The number of nitrogens with zero attached hydrogens (tertiary/aromatic N) is 2. The van der Waals surface area contributed by atoms with Gasteiger partial charge in [-0.15, -0.1) is 0 Å². The van der Waals surface area contributed by atoms with E-state index in [2.05, 4.69) is 75.6 Å². The summed E-state index contributed by atoms with van der Waals surface area (Å²) >= 11 is 2.40. The lowest BCUT2D eigenvalue weighted by atomic mass is 10.1. The van der Waals surface area contributed by atoms with Gasteiger partial charge in [-0.2, -0.15) is 0 Å². The quantitative estimate of drug-likeness (QED) is 0.789. The molecule has 1 aromatic carbocycles. The predicted octanol–water partition coefficient (Wildman–Crippen LogP) is 3.60. The van der Waals surface area contributed by atoms with Crippen molar-refractivity contribution in [2.45, 2.75) is 32.9 Å². The summed E-state index contributed by atoms with van der Waals surface area (Å²) in [5.74, 6) is 1.10. The Morgan fingerprint density at radius 1 is 1.32 bits per heavy atom. The highest BCUT2D eigenvalue weighted by Gasteiger charge is 2.19. The first-order chi connectivity index (χ1) is 9.27. The van der Waals surface area contributed by atoms with Crippen molar-refractivity contribution in [3.63, 3.8) is 0 Å². The molecule has 1 aromatic heterocycles. The summed E-state index contributed by atoms with van der Waals surface area (Å²) in [4.78, 5) is 4.55. The summed E-state index contributed by atoms with van der Waals surface area (Å²) in [5, 5.41) is 3.62. The fraction of sp³-hybridized carbons (Fsp3) is 0.400. The van der Waals surface area contributed by atoms with E-state index < -0.39 is 0 Å². The number of aryl methyl sites for hydroxylation is 1. The zero-order chi connectivity index (χ0) is 13.7. The molecule has 1 N–H and O–H groups in total. The summed E-state index contributed by atoms with van der Waals surface area (Å²) in [5.41, 5.74) is 1.30. The Kier molecular flexibility index (Phi) is 5.39. The van der Waals surface area contributed by atoms with Crippen LogP contribution in [0.15, 0.2) is 36.7 Å². The lowest BCUT2D eigenvalue weighted by Gasteiger charge is -2.20. The van der Waals surface area contributed by atoms with Crippen molar-refractivity contribution in [1.29, 1.82) is 0 Å². The van der Waals surface area contributed by atoms with Gasteiger partial charge in [0.25, 0.3) is 0 Å². The van der Waals surface area contributed by atoms with Gasteiger partial charge in [0.05, 0.1) is 6.04 Å². The van der Waals surface area contributed by atoms with Crippen LogP contribution in [0.3, 0.4) is 0 Å². The number of imidazole rings is 1. The normalized spacial score (nSPS) is 12.6. The van der Waals surface area contributed by atoms with Gasteiger partial charge in [-0.3, -0.25) is 0 Å². The van der Waals surface area contributed by atoms with Crippen LogP contribution in [-0.2, 0) is 6.54 Å². The SMILES string of the molecule is CCCNC(c1ccccc1I)c1nccn1CC. The third-order valence-corrected chi connectivity index (χ3v) is 4.14. The molecule has 0 aliphatic carbocycles. The predicted molar refractivity (Wildman–Crippen MR) is 87.2 cm³/mol. The second kappa shape index (κ2) is 7.05. The zero-order valence-corrected chi connectivity index (χ0v) is 13.6. The van der Waals surface area contributed by atoms with Crippen LogP contribution in [0.25, 0.3) is 0 Å². The summed E-state index contributed by atoms with van der Waals surface area (Å²) < 4.78 is 3.48. The van der Waals surface area contributed by atoms with E-state index in [4.69, 9.17) is 0 Å². The first kappa shape index (κ1) is 14.5. The maximum absolute atomic E-state index is 4.55. The van der Waals surface area contributed by atoms with Gasteiger partial charge in [0.15, 0.2) is 0 Å². The molecule has 19 heavy (non-hydrogen) atoms. The molecule has 1 heterocycles. The van der Waals surface area contributed by atoms with E-state index in [1.165, 1.54) is 9.13 Å². The molecule has 0 aliphatic rings. The van der Waals surface area contributed by atoms with Gasteiger partial charge < -0.3 is 9.88 Å². The van der Waals surface area contributed by atoms with Gasteiger partial charge in [0, 0.05) is 22.5 Å². The standard InChI is InChI=1S/C15H20IN3/c1-3-9-17-14(12-7-5-6-8-13(12)16)15-18-10-11-19(15)4-2/h5-8,10-11,14,17H,3-4,9H2,1-2H3. The number of nitrogens with one attached hydrogen (secondary N) is 1. The molecular weight excluding hydrogens is 349 g/mol. The largest absolute Gasteiger partial charge is 0.334 e. The molecule has 3 nitrogen and oxygen atoms in total. The Morgan fingerprint density at radius 3 is 2.79 bits per heavy atom. The van der Waals surface area contributed by atoms with Crippen molar-refractivity contribution in [1.82, 2.24) is 14.9 Å². The molecule has 2 aromatic rings. The monoisotopic (exact) mass is 369 g/mol. The number of halogens is 1. The van der Waals surface area contributed by atoms with Crippen molar-refractivity contribution in [2.75, 3.05) is 6.54 Å². The molecule has 2 rings (SSSR count). The Labute approximate surface area is 128 Å². The average molecular weight is 369 g/mol. The smallest absolute Gasteiger partial charge is 0.130 e. The minimum atomic E-state index is 0.169. The van der Waals surface area contributed by atoms with Crippen LogP contribution in [0, 0.1) is 3.57 Å². The molecule has 0 radical (unpaired) electrons. The second-order valence-corrected chi connectivity index (χ2v) is 5.64. The molecule has 0 spiro atoms. The topological polar surface area (TPSA) is 29.9 Å². The summed E-state index contributed by atoms with van der Waals surface area (Å²) in [7, 11) is 0. The Bertz CT molecular complexity index is 522. The Balaban J connectivity index is 2.39. The van der Waals surface area contributed by atoms with Gasteiger partial charge in [0.2, 0.25) is 0 Å². The molecule has 1 unspecified atom stereocenters. The fourth-order valence-corrected chi connectivity index (χ4v) is 2.89. The molecule has 0 saturated carbocycles. The van der Waals surface area contributed by atoms with Crippen LogP contribution in [0.2, 0.25) is 0 Å². The van der Waals surface area contributed by atoms with Gasteiger partial charge in [-0.05, 0) is 54.1 Å². The molecule has 102 valence electrons. The highest BCUT2D eigenvalue weighted by Crippen LogP contribution is 2.25. The van der Waals surface area contributed by atoms with Crippen LogP contribution in [0.1, 0.15) is 37.7 Å². The lowest BCUT2D eigenvalue weighted by Crippen LogP contribution is -2.26. The molecule has 0 saturated heterocycles. The van der Waals surface area contributed by atoms with E-state index in [-0.39, 0.29) is 6.04 Å². The van der Waals surface area contributed by atoms with Gasteiger partial charge in [-0.1, -0.05) is 25.1 Å². The van der Waals surface area contributed by atoms with E-state index in [0.717, 1.165) is 25.3 Å². The van der Waals surface area contributed by atoms with Crippen LogP contribution in [0.5, 0.6) is 0 Å². The van der Waals surface area contributed by atoms with Crippen molar-refractivity contribution >= 4 is 22.6 Å². The minimum absolute atomic E-state index is 0.169. The van der Waals surface area contributed by atoms with E-state index in [9.17, 15) is 0 Å². The van der Waals surface area contributed by atoms with E-state index >= 15 is 0 Å². The van der Waals surface area contributed by atoms with Gasteiger partial charge in [0.1, 0.15) is 5.82 Å². The molecule has 0 amide bonds. The summed E-state index contributed by atoms with van der Waals surface area (Å²) in [6.45, 7) is 6.28. The molecule has 1 atom stereocenters. The summed E-state index contributed by atoms with van der Waals surface area (Å²) in [6, 6.07) is 8.67. The number of hydrogen-bond acceptors (Lipinski definition) is 2. The maximum Gasteiger partial charge on any atom is 0.130 e. The van der Waals surface area contributed by atoms with Crippen LogP contribution in [0.4, 0.5) is 0 Å². The first-order valence-corrected chi connectivity index (χ1v) is 7.84. The van der Waals surface area contributed by atoms with E-state index in [1.54, 1.807) is 0 Å². The molecule has 0 aliphatic heterocycles. The van der Waals surface area contributed by atoms with E-state index in [1.807, 2.05) is 12.4 Å². The lowest BCUT2D eigenvalue weighted by molar-refractivity contribution is 0.540. The molecule has 4 heteroatoms. The number of aromatic nitrogens is 2.